The highest BCUT2D eigenvalue weighted by molar-refractivity contribution is 5.43. The fourth-order valence-corrected chi connectivity index (χ4v) is 1.79. The third-order valence-electron chi connectivity index (χ3n) is 2.72. The molecule has 0 unspecified atom stereocenters. The number of hydrogen-bond acceptors (Lipinski definition) is 5. The number of nitrogens with two attached hydrogens (primary N) is 1. The van der Waals surface area contributed by atoms with Crippen LogP contribution in [-0.4, -0.2) is 26.8 Å². The summed E-state index contributed by atoms with van der Waals surface area (Å²) in [4.78, 5) is 0. The van der Waals surface area contributed by atoms with Crippen molar-refractivity contribution in [2.45, 2.75) is 32.7 Å². The van der Waals surface area contributed by atoms with Crippen LogP contribution in [0.2, 0.25) is 0 Å². The Balaban J connectivity index is 1.79. The molecule has 0 bridgehead atoms. The summed E-state index contributed by atoms with van der Waals surface area (Å²) in [7, 11) is 0. The smallest absolute Gasteiger partial charge is 0.153 e. The molecule has 0 atom stereocenters. The lowest BCUT2D eigenvalue weighted by Crippen LogP contribution is -2.10. The fourth-order valence-electron chi connectivity index (χ4n) is 1.79. The van der Waals surface area contributed by atoms with Gasteiger partial charge in [-0.15, -0.1) is 5.10 Å². The van der Waals surface area contributed by atoms with Crippen LogP contribution in [0.4, 0.5) is 5.69 Å². The number of rotatable bonds is 6. The fraction of sp³-hybridized carbons (Fsp3) is 0.462. The number of hydrogen-bond donors (Lipinski definition) is 1. The summed E-state index contributed by atoms with van der Waals surface area (Å²) in [5.41, 5.74) is 6.39. The molecular weight excluding hydrogens is 242 g/mol. The second-order valence-corrected chi connectivity index (χ2v) is 4.69. The maximum Gasteiger partial charge on any atom is 0.153 e. The average molecular weight is 261 g/mol. The maximum atomic E-state index is 5.68. The van der Waals surface area contributed by atoms with Gasteiger partial charge < -0.3 is 10.5 Å². The molecule has 1 heterocycles. The normalized spacial score (nSPS) is 10.9. The van der Waals surface area contributed by atoms with E-state index in [9.17, 15) is 0 Å². The van der Waals surface area contributed by atoms with Crippen LogP contribution >= 0.6 is 0 Å². The van der Waals surface area contributed by atoms with Gasteiger partial charge in [0.2, 0.25) is 0 Å². The van der Waals surface area contributed by atoms with Gasteiger partial charge >= 0.3 is 0 Å². The van der Waals surface area contributed by atoms with Crippen LogP contribution in [0.15, 0.2) is 24.3 Å². The monoisotopic (exact) mass is 261 g/mol. The lowest BCUT2D eigenvalue weighted by molar-refractivity contribution is 0.296. The third-order valence-corrected chi connectivity index (χ3v) is 2.72. The average Bonchev–Trinajstić information content (AvgIpc) is 2.83. The van der Waals surface area contributed by atoms with Crippen molar-refractivity contribution in [2.75, 3.05) is 12.3 Å². The largest absolute Gasteiger partial charge is 0.493 e. The molecule has 102 valence electrons. The summed E-state index contributed by atoms with van der Waals surface area (Å²) >= 11 is 0. The minimum Gasteiger partial charge on any atom is -0.493 e. The van der Waals surface area contributed by atoms with Gasteiger partial charge in [-0.2, -0.15) is 0 Å². The molecule has 0 saturated carbocycles. The number of anilines is 1. The molecule has 0 aliphatic carbocycles. The molecule has 0 saturated heterocycles. The Morgan fingerprint density at radius 3 is 2.95 bits per heavy atom. The second-order valence-electron chi connectivity index (χ2n) is 4.69. The van der Waals surface area contributed by atoms with Gasteiger partial charge in [-0.3, -0.25) is 0 Å². The van der Waals surface area contributed by atoms with E-state index >= 15 is 0 Å². The number of nitrogens with zero attached hydrogens (tertiary/aromatic N) is 4. The zero-order valence-corrected chi connectivity index (χ0v) is 11.3. The molecule has 0 spiro atoms. The zero-order chi connectivity index (χ0) is 13.7. The predicted octanol–water partition coefficient (Wildman–Crippen LogP) is 1.85. The van der Waals surface area contributed by atoms with Crippen LogP contribution in [0.3, 0.4) is 0 Å². The number of aromatic nitrogens is 4. The standard InChI is InChI=1S/C13H19N5O/c1-10(2)13-15-16-17-18(13)7-4-8-19-12-6-3-5-11(14)9-12/h3,5-6,9-10H,4,7-8,14H2,1-2H3. The van der Waals surface area contributed by atoms with Crippen molar-refractivity contribution in [3.8, 4) is 5.75 Å². The highest BCUT2D eigenvalue weighted by Crippen LogP contribution is 2.15. The van der Waals surface area contributed by atoms with Gasteiger partial charge in [0, 0.05) is 30.6 Å². The van der Waals surface area contributed by atoms with Gasteiger partial charge in [0.1, 0.15) is 5.75 Å². The van der Waals surface area contributed by atoms with E-state index in [-0.39, 0.29) is 0 Å². The Morgan fingerprint density at radius 1 is 1.37 bits per heavy atom. The summed E-state index contributed by atoms with van der Waals surface area (Å²) in [6, 6.07) is 7.43. The number of nitrogen functional groups attached to an aromatic ring is 1. The van der Waals surface area contributed by atoms with E-state index in [1.807, 2.05) is 28.9 Å². The third kappa shape index (κ3) is 3.67. The molecule has 2 aromatic rings. The quantitative estimate of drug-likeness (QED) is 0.634. The molecule has 1 aromatic carbocycles. The molecular formula is C13H19N5O. The van der Waals surface area contributed by atoms with Crippen molar-refractivity contribution in [1.29, 1.82) is 0 Å². The minimum atomic E-state index is 0.324. The van der Waals surface area contributed by atoms with Crippen molar-refractivity contribution < 1.29 is 4.74 Å². The van der Waals surface area contributed by atoms with Crippen LogP contribution in [0.1, 0.15) is 32.0 Å². The molecule has 6 nitrogen and oxygen atoms in total. The first-order valence-corrected chi connectivity index (χ1v) is 6.41. The zero-order valence-electron chi connectivity index (χ0n) is 11.3. The highest BCUT2D eigenvalue weighted by atomic mass is 16.5. The summed E-state index contributed by atoms with van der Waals surface area (Å²) in [5, 5.41) is 11.7. The van der Waals surface area contributed by atoms with E-state index < -0.39 is 0 Å². The molecule has 0 aliphatic heterocycles. The van der Waals surface area contributed by atoms with Crippen molar-refractivity contribution >= 4 is 5.69 Å². The van der Waals surface area contributed by atoms with E-state index in [2.05, 4.69) is 29.4 Å². The van der Waals surface area contributed by atoms with Gasteiger partial charge in [0.25, 0.3) is 0 Å². The Hall–Kier alpha value is -2.11. The Bertz CT molecular complexity index is 523. The lowest BCUT2D eigenvalue weighted by atomic mass is 10.2. The van der Waals surface area contributed by atoms with Crippen LogP contribution < -0.4 is 10.5 Å². The van der Waals surface area contributed by atoms with E-state index in [1.54, 1.807) is 0 Å². The van der Waals surface area contributed by atoms with Gasteiger partial charge in [-0.1, -0.05) is 19.9 Å². The molecule has 6 heteroatoms. The number of aryl methyl sites for hydroxylation is 1. The minimum absolute atomic E-state index is 0.324. The first kappa shape index (κ1) is 13.3. The molecule has 0 radical (unpaired) electrons. The summed E-state index contributed by atoms with van der Waals surface area (Å²) in [6.45, 7) is 5.51. The lowest BCUT2D eigenvalue weighted by Gasteiger charge is -2.08. The molecule has 1 aromatic heterocycles. The number of benzene rings is 1. The summed E-state index contributed by atoms with van der Waals surface area (Å²) in [6.07, 6.45) is 0.847. The van der Waals surface area contributed by atoms with Crippen molar-refractivity contribution in [2.24, 2.45) is 0 Å². The summed E-state index contributed by atoms with van der Waals surface area (Å²) < 4.78 is 7.45. The predicted molar refractivity (Wildman–Crippen MR) is 72.9 cm³/mol. The van der Waals surface area contributed by atoms with E-state index in [1.165, 1.54) is 0 Å². The van der Waals surface area contributed by atoms with Gasteiger partial charge in [-0.05, 0) is 22.6 Å². The first-order chi connectivity index (χ1) is 9.16. The molecule has 2 N–H and O–H groups in total. The maximum absolute atomic E-state index is 5.68. The number of ether oxygens (including phenoxy) is 1. The Kier molecular flexibility index (Phi) is 4.33. The van der Waals surface area contributed by atoms with Crippen molar-refractivity contribution in [3.63, 3.8) is 0 Å². The molecule has 0 aliphatic rings. The summed E-state index contributed by atoms with van der Waals surface area (Å²) in [5.74, 6) is 2.02. The molecule has 2 rings (SSSR count). The molecule has 0 fully saturated rings. The van der Waals surface area contributed by atoms with E-state index in [4.69, 9.17) is 10.5 Å². The molecule has 19 heavy (non-hydrogen) atoms. The van der Waals surface area contributed by atoms with Crippen LogP contribution in [0, 0.1) is 0 Å². The topological polar surface area (TPSA) is 78.8 Å². The highest BCUT2D eigenvalue weighted by Gasteiger charge is 2.09. The Morgan fingerprint density at radius 2 is 2.21 bits per heavy atom. The SMILES string of the molecule is CC(C)c1nnnn1CCCOc1cccc(N)c1. The Labute approximate surface area is 112 Å². The van der Waals surface area contributed by atoms with Gasteiger partial charge in [0.15, 0.2) is 5.82 Å². The van der Waals surface area contributed by atoms with Crippen molar-refractivity contribution in [1.82, 2.24) is 20.2 Å². The van der Waals surface area contributed by atoms with Gasteiger partial charge in [0.05, 0.1) is 6.61 Å². The van der Waals surface area contributed by atoms with E-state index in [0.29, 0.717) is 18.2 Å². The first-order valence-electron chi connectivity index (χ1n) is 6.41. The van der Waals surface area contributed by atoms with Crippen molar-refractivity contribution in [3.05, 3.63) is 30.1 Å². The van der Waals surface area contributed by atoms with Gasteiger partial charge in [-0.25, -0.2) is 4.68 Å². The van der Waals surface area contributed by atoms with Crippen LogP contribution in [0.25, 0.3) is 0 Å². The van der Waals surface area contributed by atoms with Crippen LogP contribution in [0.5, 0.6) is 5.75 Å². The molecule has 0 amide bonds. The second kappa shape index (κ2) is 6.17. The number of tetrazole rings is 1. The van der Waals surface area contributed by atoms with Crippen LogP contribution in [-0.2, 0) is 6.54 Å². The van der Waals surface area contributed by atoms with E-state index in [0.717, 1.165) is 24.5 Å².